The van der Waals surface area contributed by atoms with E-state index in [1.165, 1.54) is 12.5 Å². The molecule has 4 rings (SSSR count). The zero-order chi connectivity index (χ0) is 25.4. The van der Waals surface area contributed by atoms with Crippen LogP contribution in [0.25, 0.3) is 11.1 Å². The molecule has 0 atom stereocenters. The van der Waals surface area contributed by atoms with Gasteiger partial charge >= 0.3 is 0 Å². The second kappa shape index (κ2) is 11.4. The Hall–Kier alpha value is -4.39. The molecule has 4 aromatic rings. The molecule has 0 saturated carbocycles. The van der Waals surface area contributed by atoms with E-state index >= 15 is 0 Å². The van der Waals surface area contributed by atoms with E-state index in [-0.39, 0.29) is 4.90 Å². The van der Waals surface area contributed by atoms with Gasteiger partial charge in [0.25, 0.3) is 10.0 Å². The summed E-state index contributed by atoms with van der Waals surface area (Å²) >= 11 is 5.85. The minimum absolute atomic E-state index is 0.199. The zero-order valence-corrected chi connectivity index (χ0v) is 20.5. The van der Waals surface area contributed by atoms with Crippen LogP contribution in [0.3, 0.4) is 0 Å². The fraction of sp³-hybridized carbons (Fsp3) is 0.0385. The molecule has 8 nitrogen and oxygen atoms in total. The fourth-order valence-corrected chi connectivity index (χ4v) is 4.83. The maximum absolute atomic E-state index is 13.1. The predicted octanol–water partition coefficient (Wildman–Crippen LogP) is 5.54. The number of aromatic nitrogens is 1. The number of sulfonamides is 1. The molecule has 0 aliphatic rings. The number of nitriles is 1. The molecule has 0 spiro atoms. The monoisotopic (exact) mass is 516 g/mol. The van der Waals surface area contributed by atoms with Crippen LogP contribution in [0.5, 0.6) is 0 Å². The highest BCUT2D eigenvalue weighted by Crippen LogP contribution is 2.28. The summed E-state index contributed by atoms with van der Waals surface area (Å²) in [6.07, 6.45) is 4.83. The van der Waals surface area contributed by atoms with Crippen molar-refractivity contribution in [2.45, 2.75) is 11.4 Å². The molecule has 0 bridgehead atoms. The standard InChI is InChI=1S/C26H21ClN6O2S/c27-26-16-23(14-15-30-26)31-33(18-28)19-29-17-20-10-12-22(13-11-20)32-36(34,35)25-9-5-4-8-24(25)21-6-2-1-3-7-21/h1-16,19,32H,17H2,(H,30,31). The van der Waals surface area contributed by atoms with E-state index in [1.54, 1.807) is 54.6 Å². The normalized spacial score (nSPS) is 11.1. The number of hydrogen-bond donors (Lipinski definition) is 2. The Labute approximate surface area is 214 Å². The molecule has 1 aromatic heterocycles. The number of nitrogens with one attached hydrogen (secondary N) is 2. The van der Waals surface area contributed by atoms with E-state index in [9.17, 15) is 13.7 Å². The third-order valence-corrected chi connectivity index (χ3v) is 6.67. The predicted molar refractivity (Wildman–Crippen MR) is 142 cm³/mol. The highest BCUT2D eigenvalue weighted by molar-refractivity contribution is 7.92. The molecule has 0 radical (unpaired) electrons. The van der Waals surface area contributed by atoms with Gasteiger partial charge in [0.2, 0.25) is 6.19 Å². The van der Waals surface area contributed by atoms with Crippen molar-refractivity contribution < 1.29 is 8.42 Å². The van der Waals surface area contributed by atoms with E-state index in [0.29, 0.717) is 28.6 Å². The van der Waals surface area contributed by atoms with Crippen molar-refractivity contribution >= 4 is 39.3 Å². The number of rotatable bonds is 9. The first-order valence-corrected chi connectivity index (χ1v) is 12.6. The molecule has 10 heteroatoms. The van der Waals surface area contributed by atoms with E-state index < -0.39 is 10.0 Å². The van der Waals surface area contributed by atoms with Crippen molar-refractivity contribution in [2.24, 2.45) is 4.99 Å². The molecule has 0 saturated heterocycles. The fourth-order valence-electron chi connectivity index (χ4n) is 3.36. The van der Waals surface area contributed by atoms with Crippen LogP contribution >= 0.6 is 11.6 Å². The van der Waals surface area contributed by atoms with Crippen LogP contribution in [0.4, 0.5) is 11.4 Å². The first-order chi connectivity index (χ1) is 17.4. The average molecular weight is 517 g/mol. The topological polar surface area (TPSA) is 110 Å². The quantitative estimate of drug-likeness (QED) is 0.0754. The van der Waals surface area contributed by atoms with Crippen LogP contribution in [-0.4, -0.2) is 24.7 Å². The number of benzene rings is 3. The van der Waals surface area contributed by atoms with Gasteiger partial charge in [0.1, 0.15) is 11.5 Å². The third-order valence-electron chi connectivity index (χ3n) is 5.02. The van der Waals surface area contributed by atoms with Crippen LogP contribution in [0.1, 0.15) is 5.56 Å². The van der Waals surface area contributed by atoms with Crippen molar-refractivity contribution in [1.29, 1.82) is 5.26 Å². The van der Waals surface area contributed by atoms with Crippen molar-refractivity contribution in [2.75, 3.05) is 10.1 Å². The molecular formula is C26H21ClN6O2S. The Morgan fingerprint density at radius 2 is 1.69 bits per heavy atom. The van der Waals surface area contributed by atoms with Gasteiger partial charge in [0, 0.05) is 23.5 Å². The average Bonchev–Trinajstić information content (AvgIpc) is 2.89. The van der Waals surface area contributed by atoms with Gasteiger partial charge in [0.05, 0.1) is 17.1 Å². The Morgan fingerprint density at radius 1 is 0.972 bits per heavy atom. The third kappa shape index (κ3) is 6.39. The summed E-state index contributed by atoms with van der Waals surface area (Å²) in [7, 11) is -3.81. The number of hydrogen-bond acceptors (Lipinski definition) is 6. The number of nitrogens with zero attached hydrogens (tertiary/aromatic N) is 4. The number of halogens is 1. The smallest absolute Gasteiger partial charge is 0.262 e. The Bertz CT molecular complexity index is 1500. The summed E-state index contributed by atoms with van der Waals surface area (Å²) < 4.78 is 28.9. The largest absolute Gasteiger partial charge is 0.284 e. The molecule has 3 aromatic carbocycles. The second-order valence-corrected chi connectivity index (χ2v) is 9.61. The SMILES string of the molecule is N#CN(C=NCc1ccc(NS(=O)(=O)c2ccccc2-c2ccccc2)cc1)Nc1ccnc(Cl)c1. The maximum Gasteiger partial charge on any atom is 0.262 e. The van der Waals surface area contributed by atoms with E-state index in [0.717, 1.165) is 16.1 Å². The minimum atomic E-state index is -3.81. The Morgan fingerprint density at radius 3 is 2.42 bits per heavy atom. The van der Waals surface area contributed by atoms with Gasteiger partial charge < -0.3 is 0 Å². The van der Waals surface area contributed by atoms with Crippen molar-refractivity contribution in [1.82, 2.24) is 9.99 Å². The van der Waals surface area contributed by atoms with Crippen LogP contribution < -0.4 is 10.1 Å². The van der Waals surface area contributed by atoms with Gasteiger partial charge in [0.15, 0.2) is 0 Å². The molecular weight excluding hydrogens is 496 g/mol. The molecule has 0 aliphatic carbocycles. The molecule has 1 heterocycles. The molecule has 180 valence electrons. The lowest BCUT2D eigenvalue weighted by Crippen LogP contribution is -2.23. The maximum atomic E-state index is 13.1. The van der Waals surface area contributed by atoms with Crippen LogP contribution in [0.15, 0.2) is 107 Å². The van der Waals surface area contributed by atoms with Gasteiger partial charge in [-0.15, -0.1) is 0 Å². The highest BCUT2D eigenvalue weighted by Gasteiger charge is 2.19. The number of hydrazine groups is 1. The first kappa shape index (κ1) is 24.7. The molecule has 0 aliphatic heterocycles. The lowest BCUT2D eigenvalue weighted by atomic mass is 10.1. The molecule has 0 unspecified atom stereocenters. The van der Waals surface area contributed by atoms with Crippen molar-refractivity contribution in [3.05, 3.63) is 108 Å². The number of aliphatic imine (C=N–C) groups is 1. The molecule has 36 heavy (non-hydrogen) atoms. The van der Waals surface area contributed by atoms with Gasteiger partial charge in [-0.05, 0) is 35.4 Å². The van der Waals surface area contributed by atoms with E-state index in [2.05, 4.69) is 20.1 Å². The minimum Gasteiger partial charge on any atom is -0.284 e. The summed E-state index contributed by atoms with van der Waals surface area (Å²) in [5.74, 6) is 0. The lowest BCUT2D eigenvalue weighted by molar-refractivity contribution is 0.601. The van der Waals surface area contributed by atoms with Gasteiger partial charge in [-0.25, -0.2) is 13.4 Å². The van der Waals surface area contributed by atoms with Crippen molar-refractivity contribution in [3.63, 3.8) is 0 Å². The van der Waals surface area contributed by atoms with E-state index in [4.69, 9.17) is 11.6 Å². The highest BCUT2D eigenvalue weighted by atomic mass is 35.5. The zero-order valence-electron chi connectivity index (χ0n) is 18.9. The van der Waals surface area contributed by atoms with Gasteiger partial charge in [-0.2, -0.15) is 10.3 Å². The summed E-state index contributed by atoms with van der Waals surface area (Å²) in [5.41, 5.74) is 6.15. The van der Waals surface area contributed by atoms with Crippen LogP contribution in [0, 0.1) is 11.5 Å². The molecule has 2 N–H and O–H groups in total. The van der Waals surface area contributed by atoms with Crippen molar-refractivity contribution in [3.8, 4) is 17.3 Å². The Kier molecular flexibility index (Phi) is 7.80. The lowest BCUT2D eigenvalue weighted by Gasteiger charge is -2.13. The summed E-state index contributed by atoms with van der Waals surface area (Å²) in [4.78, 5) is 8.34. The van der Waals surface area contributed by atoms with Crippen LogP contribution in [0.2, 0.25) is 5.15 Å². The number of anilines is 2. The Balaban J connectivity index is 1.41. The summed E-state index contributed by atoms with van der Waals surface area (Å²) in [6.45, 7) is 0.292. The van der Waals surface area contributed by atoms with Crippen LogP contribution in [-0.2, 0) is 16.6 Å². The van der Waals surface area contributed by atoms with E-state index in [1.807, 2.05) is 42.6 Å². The second-order valence-electron chi connectivity index (χ2n) is 7.57. The van der Waals surface area contributed by atoms with Gasteiger partial charge in [-0.1, -0.05) is 72.3 Å². The molecule has 0 amide bonds. The number of pyridine rings is 1. The summed E-state index contributed by atoms with van der Waals surface area (Å²) in [5, 5.41) is 10.7. The summed E-state index contributed by atoms with van der Waals surface area (Å²) in [6, 6.07) is 26.4. The first-order valence-electron chi connectivity index (χ1n) is 10.8. The molecule has 0 fully saturated rings. The van der Waals surface area contributed by atoms with Gasteiger partial charge in [-0.3, -0.25) is 15.1 Å².